The molecular formula is C14H20N2O2. The minimum atomic E-state index is -0.346. The van der Waals surface area contributed by atoms with Crippen molar-refractivity contribution in [1.82, 2.24) is 5.32 Å². The summed E-state index contributed by atoms with van der Waals surface area (Å²) in [5, 5.41) is 2.91. The molecule has 1 aliphatic carbocycles. The Bertz CT molecular complexity index is 410. The van der Waals surface area contributed by atoms with Gasteiger partial charge in [-0.1, -0.05) is 18.6 Å². The summed E-state index contributed by atoms with van der Waals surface area (Å²) in [4.78, 5) is 12.3. The summed E-state index contributed by atoms with van der Waals surface area (Å²) < 4.78 is 5.14. The molecule has 0 unspecified atom stereocenters. The highest BCUT2D eigenvalue weighted by molar-refractivity contribution is 5.89. The molecule has 0 bridgehead atoms. The van der Waals surface area contributed by atoms with E-state index in [0.29, 0.717) is 13.1 Å². The monoisotopic (exact) mass is 248 g/mol. The van der Waals surface area contributed by atoms with E-state index in [1.807, 2.05) is 24.3 Å². The van der Waals surface area contributed by atoms with Crippen molar-refractivity contribution in [2.24, 2.45) is 5.73 Å². The SMILES string of the molecule is COc1ccc(C2(C(=O)NCCN)CCC2)cc1. The molecular weight excluding hydrogens is 228 g/mol. The van der Waals surface area contributed by atoms with Crippen molar-refractivity contribution in [3.8, 4) is 5.75 Å². The Hall–Kier alpha value is -1.55. The van der Waals surface area contributed by atoms with E-state index in [1.165, 1.54) is 0 Å². The van der Waals surface area contributed by atoms with E-state index in [-0.39, 0.29) is 11.3 Å². The number of ether oxygens (including phenoxy) is 1. The molecule has 0 spiro atoms. The second kappa shape index (κ2) is 5.40. The summed E-state index contributed by atoms with van der Waals surface area (Å²) in [6.07, 6.45) is 2.92. The van der Waals surface area contributed by atoms with Crippen molar-refractivity contribution in [3.63, 3.8) is 0 Å². The highest BCUT2D eigenvalue weighted by Crippen LogP contribution is 2.44. The quantitative estimate of drug-likeness (QED) is 0.822. The van der Waals surface area contributed by atoms with E-state index in [1.54, 1.807) is 7.11 Å². The molecule has 0 aliphatic heterocycles. The van der Waals surface area contributed by atoms with E-state index in [0.717, 1.165) is 30.6 Å². The summed E-state index contributed by atoms with van der Waals surface area (Å²) in [5.41, 5.74) is 6.15. The van der Waals surface area contributed by atoms with Crippen LogP contribution in [-0.4, -0.2) is 26.1 Å². The molecule has 0 radical (unpaired) electrons. The van der Waals surface area contributed by atoms with Crippen molar-refractivity contribution < 1.29 is 9.53 Å². The first kappa shape index (κ1) is 12.9. The average molecular weight is 248 g/mol. The summed E-state index contributed by atoms with van der Waals surface area (Å²) in [7, 11) is 1.64. The van der Waals surface area contributed by atoms with Gasteiger partial charge in [-0.3, -0.25) is 4.79 Å². The first-order chi connectivity index (χ1) is 8.73. The van der Waals surface area contributed by atoms with Crippen LogP contribution < -0.4 is 15.8 Å². The van der Waals surface area contributed by atoms with E-state index >= 15 is 0 Å². The van der Waals surface area contributed by atoms with Crippen molar-refractivity contribution in [2.45, 2.75) is 24.7 Å². The Kier molecular flexibility index (Phi) is 3.87. The normalized spacial score (nSPS) is 16.8. The maximum atomic E-state index is 12.3. The first-order valence-electron chi connectivity index (χ1n) is 6.36. The summed E-state index contributed by atoms with van der Waals surface area (Å²) in [5.74, 6) is 0.917. The zero-order valence-corrected chi connectivity index (χ0v) is 10.7. The van der Waals surface area contributed by atoms with Crippen molar-refractivity contribution in [3.05, 3.63) is 29.8 Å². The van der Waals surface area contributed by atoms with E-state index in [2.05, 4.69) is 5.32 Å². The molecule has 1 saturated carbocycles. The van der Waals surface area contributed by atoms with Crippen molar-refractivity contribution in [1.29, 1.82) is 0 Å². The molecule has 0 saturated heterocycles. The van der Waals surface area contributed by atoms with Gasteiger partial charge >= 0.3 is 0 Å². The molecule has 1 aliphatic rings. The molecule has 0 atom stereocenters. The van der Waals surface area contributed by atoms with Gasteiger partial charge in [0.1, 0.15) is 5.75 Å². The van der Waals surface area contributed by atoms with Gasteiger partial charge in [-0.2, -0.15) is 0 Å². The Morgan fingerprint density at radius 1 is 1.39 bits per heavy atom. The van der Waals surface area contributed by atoms with Gasteiger partial charge in [0, 0.05) is 13.1 Å². The van der Waals surface area contributed by atoms with Crippen molar-refractivity contribution in [2.75, 3.05) is 20.2 Å². The predicted octanol–water partition coefficient (Wildman–Crippen LogP) is 1.19. The molecule has 0 heterocycles. The molecule has 2 rings (SSSR count). The van der Waals surface area contributed by atoms with Crippen LogP contribution in [0.15, 0.2) is 24.3 Å². The molecule has 98 valence electrons. The molecule has 1 aromatic rings. The number of nitrogens with two attached hydrogens (primary N) is 1. The second-order valence-electron chi connectivity index (χ2n) is 4.71. The van der Waals surface area contributed by atoms with Gasteiger partial charge in [0.15, 0.2) is 0 Å². The number of amides is 1. The minimum Gasteiger partial charge on any atom is -0.497 e. The van der Waals surface area contributed by atoms with Gasteiger partial charge in [0.05, 0.1) is 12.5 Å². The van der Waals surface area contributed by atoms with E-state index < -0.39 is 0 Å². The number of nitrogens with one attached hydrogen (secondary N) is 1. The van der Waals surface area contributed by atoms with Crippen LogP contribution in [0.25, 0.3) is 0 Å². The number of hydrogen-bond donors (Lipinski definition) is 2. The smallest absolute Gasteiger partial charge is 0.230 e. The lowest BCUT2D eigenvalue weighted by molar-refractivity contribution is -0.129. The third-order valence-electron chi connectivity index (χ3n) is 3.71. The lowest BCUT2D eigenvalue weighted by Crippen LogP contribution is -2.50. The van der Waals surface area contributed by atoms with Crippen LogP contribution in [0.2, 0.25) is 0 Å². The Morgan fingerprint density at radius 3 is 2.50 bits per heavy atom. The molecule has 4 heteroatoms. The van der Waals surface area contributed by atoms with E-state index in [4.69, 9.17) is 10.5 Å². The van der Waals surface area contributed by atoms with Crippen LogP contribution >= 0.6 is 0 Å². The average Bonchev–Trinajstić information content (AvgIpc) is 2.36. The highest BCUT2D eigenvalue weighted by Gasteiger charge is 2.45. The molecule has 3 N–H and O–H groups in total. The van der Waals surface area contributed by atoms with Crippen LogP contribution in [-0.2, 0) is 10.2 Å². The van der Waals surface area contributed by atoms with Crippen LogP contribution in [0.3, 0.4) is 0 Å². The second-order valence-corrected chi connectivity index (χ2v) is 4.71. The maximum absolute atomic E-state index is 12.3. The molecule has 1 fully saturated rings. The molecule has 1 amide bonds. The number of methoxy groups -OCH3 is 1. The van der Waals surface area contributed by atoms with Gasteiger partial charge in [0.25, 0.3) is 0 Å². The fraction of sp³-hybridized carbons (Fsp3) is 0.500. The minimum absolute atomic E-state index is 0.101. The zero-order chi connectivity index (χ0) is 13.0. The number of hydrogen-bond acceptors (Lipinski definition) is 3. The molecule has 4 nitrogen and oxygen atoms in total. The van der Waals surface area contributed by atoms with Gasteiger partial charge < -0.3 is 15.8 Å². The largest absolute Gasteiger partial charge is 0.497 e. The van der Waals surface area contributed by atoms with Gasteiger partial charge in [-0.25, -0.2) is 0 Å². The Labute approximate surface area is 108 Å². The fourth-order valence-corrected chi connectivity index (χ4v) is 2.44. The van der Waals surface area contributed by atoms with Gasteiger partial charge in [-0.15, -0.1) is 0 Å². The third kappa shape index (κ3) is 2.20. The van der Waals surface area contributed by atoms with Gasteiger partial charge in [0.2, 0.25) is 5.91 Å². The Balaban J connectivity index is 2.18. The number of carbonyl (C=O) groups is 1. The van der Waals surface area contributed by atoms with Crippen LogP contribution in [0, 0.1) is 0 Å². The van der Waals surface area contributed by atoms with E-state index in [9.17, 15) is 4.79 Å². The summed E-state index contributed by atoms with van der Waals surface area (Å²) in [6.45, 7) is 1.02. The molecule has 18 heavy (non-hydrogen) atoms. The standard InChI is InChI=1S/C14H20N2O2/c1-18-12-5-3-11(4-6-12)14(7-2-8-14)13(17)16-10-9-15/h3-6H,2,7-10,15H2,1H3,(H,16,17). The number of carbonyl (C=O) groups excluding carboxylic acids is 1. The van der Waals surface area contributed by atoms with Crippen LogP contribution in [0.1, 0.15) is 24.8 Å². The maximum Gasteiger partial charge on any atom is 0.230 e. The molecule has 0 aromatic heterocycles. The van der Waals surface area contributed by atoms with Crippen molar-refractivity contribution >= 4 is 5.91 Å². The van der Waals surface area contributed by atoms with Crippen LogP contribution in [0.5, 0.6) is 5.75 Å². The third-order valence-corrected chi connectivity index (χ3v) is 3.71. The van der Waals surface area contributed by atoms with Gasteiger partial charge in [-0.05, 0) is 30.5 Å². The van der Waals surface area contributed by atoms with Crippen LogP contribution in [0.4, 0.5) is 0 Å². The predicted molar refractivity (Wildman–Crippen MR) is 70.6 cm³/mol. The topological polar surface area (TPSA) is 64.3 Å². The lowest BCUT2D eigenvalue weighted by Gasteiger charge is -2.40. The number of rotatable bonds is 5. The molecule has 1 aromatic carbocycles. The fourth-order valence-electron chi connectivity index (χ4n) is 2.44. The lowest BCUT2D eigenvalue weighted by atomic mass is 9.64. The number of benzene rings is 1. The Morgan fingerprint density at radius 2 is 2.06 bits per heavy atom. The summed E-state index contributed by atoms with van der Waals surface area (Å²) in [6, 6.07) is 7.79. The first-order valence-corrected chi connectivity index (χ1v) is 6.36. The summed E-state index contributed by atoms with van der Waals surface area (Å²) >= 11 is 0. The zero-order valence-electron chi connectivity index (χ0n) is 10.7. The highest BCUT2D eigenvalue weighted by atomic mass is 16.5.